The molecule has 0 aromatic heterocycles. The first kappa shape index (κ1) is 10.5. The topological polar surface area (TPSA) is 36.9 Å². The highest BCUT2D eigenvalue weighted by molar-refractivity contribution is 5.98. The van der Waals surface area contributed by atoms with Gasteiger partial charge in [-0.05, 0) is 13.8 Å². The molecule has 0 aromatic carbocycles. The minimum atomic E-state index is 0.823. The van der Waals surface area contributed by atoms with Crippen molar-refractivity contribution in [2.75, 3.05) is 39.4 Å². The molecule has 0 amide bonds. The maximum Gasteiger partial charge on any atom is 0.0768 e. The Morgan fingerprint density at radius 3 is 2.73 bits per heavy atom. The molecule has 0 spiro atoms. The molecule has 2 heterocycles. The van der Waals surface area contributed by atoms with E-state index in [0.717, 1.165) is 45.1 Å². The average Bonchev–Trinajstić information content (AvgIpc) is 2.41. The molecule has 15 heavy (non-hydrogen) atoms. The first-order chi connectivity index (χ1) is 7.29. The predicted molar refractivity (Wildman–Crippen MR) is 61.1 cm³/mol. The van der Waals surface area contributed by atoms with Crippen LogP contribution in [0.3, 0.4) is 0 Å². The Hall–Kier alpha value is -1.03. The van der Waals surface area contributed by atoms with Crippen LogP contribution in [0.2, 0.25) is 0 Å². The van der Waals surface area contributed by atoms with Crippen molar-refractivity contribution < 1.29 is 4.74 Å². The standard InChI is InChI=1S/C11H19N3O/c1-9-11(10(2)13-4-3-12-9)14-5-7-15-8-6-14/h12H,3-8H2,1-2H3. The van der Waals surface area contributed by atoms with Crippen LogP contribution >= 0.6 is 0 Å². The van der Waals surface area contributed by atoms with E-state index in [1.54, 1.807) is 0 Å². The van der Waals surface area contributed by atoms with E-state index in [2.05, 4.69) is 29.1 Å². The second-order valence-corrected chi connectivity index (χ2v) is 3.97. The third-order valence-electron chi connectivity index (χ3n) is 2.88. The van der Waals surface area contributed by atoms with Gasteiger partial charge >= 0.3 is 0 Å². The third kappa shape index (κ3) is 2.31. The van der Waals surface area contributed by atoms with E-state index in [0.29, 0.717) is 0 Å². The molecule has 1 N–H and O–H groups in total. The summed E-state index contributed by atoms with van der Waals surface area (Å²) in [5, 5.41) is 3.40. The molecular formula is C11H19N3O. The molecule has 2 aliphatic heterocycles. The van der Waals surface area contributed by atoms with E-state index in [1.165, 1.54) is 11.4 Å². The van der Waals surface area contributed by atoms with Gasteiger partial charge in [-0.1, -0.05) is 0 Å². The minimum absolute atomic E-state index is 0.823. The van der Waals surface area contributed by atoms with Crippen LogP contribution in [0.25, 0.3) is 0 Å². The largest absolute Gasteiger partial charge is 0.385 e. The van der Waals surface area contributed by atoms with Crippen molar-refractivity contribution >= 4 is 5.71 Å². The number of ether oxygens (including phenoxy) is 1. The number of hydrogen-bond donors (Lipinski definition) is 1. The first-order valence-corrected chi connectivity index (χ1v) is 5.58. The first-order valence-electron chi connectivity index (χ1n) is 5.58. The summed E-state index contributed by atoms with van der Waals surface area (Å²) in [4.78, 5) is 6.92. The molecule has 0 bridgehead atoms. The van der Waals surface area contributed by atoms with E-state index in [4.69, 9.17) is 4.74 Å². The van der Waals surface area contributed by atoms with Gasteiger partial charge in [-0.25, -0.2) is 0 Å². The number of rotatable bonds is 1. The average molecular weight is 209 g/mol. The molecule has 0 radical (unpaired) electrons. The van der Waals surface area contributed by atoms with E-state index in [-0.39, 0.29) is 0 Å². The number of aliphatic imine (C=N–C) groups is 1. The van der Waals surface area contributed by atoms with Crippen LogP contribution in [0.1, 0.15) is 13.8 Å². The molecule has 0 aromatic rings. The number of hydrogen-bond acceptors (Lipinski definition) is 4. The number of allylic oxidation sites excluding steroid dienone is 2. The lowest BCUT2D eigenvalue weighted by atomic mass is 10.2. The maximum atomic E-state index is 5.37. The molecule has 84 valence electrons. The number of morpholine rings is 1. The SMILES string of the molecule is CC1=NCCNC(C)=C1N1CCOCC1. The summed E-state index contributed by atoms with van der Waals surface area (Å²) in [6, 6.07) is 0. The zero-order valence-corrected chi connectivity index (χ0v) is 9.55. The molecule has 2 aliphatic rings. The zero-order valence-electron chi connectivity index (χ0n) is 9.55. The highest BCUT2D eigenvalue weighted by Crippen LogP contribution is 2.14. The lowest BCUT2D eigenvalue weighted by Gasteiger charge is -2.31. The van der Waals surface area contributed by atoms with Gasteiger partial charge in [-0.3, -0.25) is 4.99 Å². The Labute approximate surface area is 91.0 Å². The molecule has 0 saturated carbocycles. The lowest BCUT2D eigenvalue weighted by Crippen LogP contribution is -2.39. The normalized spacial score (nSPS) is 23.3. The second-order valence-electron chi connectivity index (χ2n) is 3.97. The molecule has 0 atom stereocenters. The van der Waals surface area contributed by atoms with Gasteiger partial charge in [0, 0.05) is 25.3 Å². The molecule has 0 unspecified atom stereocenters. The minimum Gasteiger partial charge on any atom is -0.385 e. The van der Waals surface area contributed by atoms with E-state index in [1.807, 2.05) is 0 Å². The van der Waals surface area contributed by atoms with Gasteiger partial charge in [-0.2, -0.15) is 0 Å². The highest BCUT2D eigenvalue weighted by atomic mass is 16.5. The quantitative estimate of drug-likeness (QED) is 0.687. The molecule has 1 fully saturated rings. The van der Waals surface area contributed by atoms with Crippen LogP contribution in [0.15, 0.2) is 16.4 Å². The van der Waals surface area contributed by atoms with E-state index in [9.17, 15) is 0 Å². The Morgan fingerprint density at radius 1 is 1.27 bits per heavy atom. The van der Waals surface area contributed by atoms with Crippen molar-refractivity contribution in [3.8, 4) is 0 Å². The summed E-state index contributed by atoms with van der Waals surface area (Å²) in [7, 11) is 0. The molecule has 1 saturated heterocycles. The third-order valence-corrected chi connectivity index (χ3v) is 2.88. The van der Waals surface area contributed by atoms with Crippen molar-refractivity contribution in [2.24, 2.45) is 4.99 Å². The lowest BCUT2D eigenvalue weighted by molar-refractivity contribution is 0.0558. The Kier molecular flexibility index (Phi) is 3.26. The summed E-state index contributed by atoms with van der Waals surface area (Å²) in [5.74, 6) is 0. The number of nitrogens with one attached hydrogen (secondary N) is 1. The van der Waals surface area contributed by atoms with Crippen LogP contribution in [0.5, 0.6) is 0 Å². The maximum absolute atomic E-state index is 5.37. The fourth-order valence-electron chi connectivity index (χ4n) is 2.15. The smallest absolute Gasteiger partial charge is 0.0768 e. The van der Waals surface area contributed by atoms with Crippen molar-refractivity contribution in [2.45, 2.75) is 13.8 Å². The van der Waals surface area contributed by atoms with Gasteiger partial charge in [0.2, 0.25) is 0 Å². The molecule has 0 aliphatic carbocycles. The van der Waals surface area contributed by atoms with Gasteiger partial charge in [0.05, 0.1) is 31.2 Å². The van der Waals surface area contributed by atoms with Crippen LogP contribution < -0.4 is 5.32 Å². The fourth-order valence-corrected chi connectivity index (χ4v) is 2.15. The van der Waals surface area contributed by atoms with Crippen molar-refractivity contribution in [3.63, 3.8) is 0 Å². The van der Waals surface area contributed by atoms with E-state index >= 15 is 0 Å². The van der Waals surface area contributed by atoms with Crippen LogP contribution in [0, 0.1) is 0 Å². The van der Waals surface area contributed by atoms with Crippen LogP contribution in [-0.2, 0) is 4.74 Å². The molecule has 4 heteroatoms. The molecular weight excluding hydrogens is 190 g/mol. The van der Waals surface area contributed by atoms with E-state index < -0.39 is 0 Å². The summed E-state index contributed by atoms with van der Waals surface area (Å²) in [5.41, 5.74) is 3.67. The zero-order chi connectivity index (χ0) is 10.7. The monoisotopic (exact) mass is 209 g/mol. The summed E-state index contributed by atoms with van der Waals surface area (Å²) in [6.07, 6.45) is 0. The van der Waals surface area contributed by atoms with Gasteiger partial charge < -0.3 is 15.0 Å². The van der Waals surface area contributed by atoms with Crippen LogP contribution in [0.4, 0.5) is 0 Å². The Bertz CT molecular complexity index is 290. The van der Waals surface area contributed by atoms with Gasteiger partial charge in [-0.15, -0.1) is 0 Å². The summed E-state index contributed by atoms with van der Waals surface area (Å²) < 4.78 is 5.37. The Morgan fingerprint density at radius 2 is 2.00 bits per heavy atom. The van der Waals surface area contributed by atoms with Gasteiger partial charge in [0.1, 0.15) is 0 Å². The highest BCUT2D eigenvalue weighted by Gasteiger charge is 2.19. The predicted octanol–water partition coefficient (Wildman–Crippen LogP) is 0.614. The summed E-state index contributed by atoms with van der Waals surface area (Å²) >= 11 is 0. The summed E-state index contributed by atoms with van der Waals surface area (Å²) in [6.45, 7) is 9.64. The van der Waals surface area contributed by atoms with Crippen molar-refractivity contribution in [1.82, 2.24) is 10.2 Å². The van der Waals surface area contributed by atoms with Crippen LogP contribution in [-0.4, -0.2) is 50.0 Å². The second kappa shape index (κ2) is 4.66. The Balaban J connectivity index is 2.21. The molecule has 4 nitrogen and oxygen atoms in total. The van der Waals surface area contributed by atoms with Crippen molar-refractivity contribution in [3.05, 3.63) is 11.4 Å². The van der Waals surface area contributed by atoms with Gasteiger partial charge in [0.15, 0.2) is 0 Å². The van der Waals surface area contributed by atoms with Gasteiger partial charge in [0.25, 0.3) is 0 Å². The van der Waals surface area contributed by atoms with Crippen molar-refractivity contribution in [1.29, 1.82) is 0 Å². The number of nitrogens with zero attached hydrogens (tertiary/aromatic N) is 2. The molecule has 2 rings (SSSR count). The fraction of sp³-hybridized carbons (Fsp3) is 0.727.